The predicted octanol–water partition coefficient (Wildman–Crippen LogP) is 3.33. The highest BCUT2D eigenvalue weighted by Crippen LogP contribution is 2.36. The fourth-order valence-corrected chi connectivity index (χ4v) is 2.36. The van der Waals surface area contributed by atoms with Crippen molar-refractivity contribution < 1.29 is 4.79 Å². The van der Waals surface area contributed by atoms with Gasteiger partial charge in [0.25, 0.3) is 0 Å². The van der Waals surface area contributed by atoms with Gasteiger partial charge in [-0.3, -0.25) is 0 Å². The third-order valence-corrected chi connectivity index (χ3v) is 3.10. The Balaban J connectivity index is 2.54. The molecule has 1 aliphatic carbocycles. The highest BCUT2D eigenvalue weighted by Gasteiger charge is 2.28. The summed E-state index contributed by atoms with van der Waals surface area (Å²) in [5.74, 6) is 0. The molecule has 1 nitrogen and oxygen atoms in total. The first-order valence-corrected chi connectivity index (χ1v) is 5.29. The lowest BCUT2D eigenvalue weighted by Crippen LogP contribution is -2.21. The van der Waals surface area contributed by atoms with Gasteiger partial charge >= 0.3 is 0 Å². The van der Waals surface area contributed by atoms with Crippen molar-refractivity contribution in [2.45, 2.75) is 58.3 Å². The smallest absolute Gasteiger partial charge is 0.126 e. The first kappa shape index (κ1) is 9.76. The average molecular weight is 168 g/mol. The zero-order valence-corrected chi connectivity index (χ0v) is 8.14. The van der Waals surface area contributed by atoms with E-state index in [-0.39, 0.29) is 5.41 Å². The van der Waals surface area contributed by atoms with Crippen LogP contribution >= 0.6 is 0 Å². The van der Waals surface area contributed by atoms with Gasteiger partial charge in [-0.15, -0.1) is 0 Å². The summed E-state index contributed by atoms with van der Waals surface area (Å²) in [5.41, 5.74) is 0.0747. The monoisotopic (exact) mass is 168 g/mol. The van der Waals surface area contributed by atoms with Gasteiger partial charge in [-0.25, -0.2) is 0 Å². The van der Waals surface area contributed by atoms with E-state index in [0.717, 1.165) is 25.7 Å². The standard InChI is InChI=1S/C11H20O/c1-2-7-11(10-12)8-5-3-4-6-9-11/h10H,2-9H2,1H3. The van der Waals surface area contributed by atoms with E-state index >= 15 is 0 Å². The summed E-state index contributed by atoms with van der Waals surface area (Å²) in [6, 6.07) is 0. The molecule has 1 aliphatic rings. The first-order chi connectivity index (χ1) is 5.83. The van der Waals surface area contributed by atoms with Gasteiger partial charge in [0, 0.05) is 5.41 Å². The van der Waals surface area contributed by atoms with Crippen molar-refractivity contribution in [3.63, 3.8) is 0 Å². The van der Waals surface area contributed by atoms with Crippen LogP contribution in [0.1, 0.15) is 58.3 Å². The van der Waals surface area contributed by atoms with Crippen molar-refractivity contribution >= 4 is 6.29 Å². The quantitative estimate of drug-likeness (QED) is 0.466. The maximum atomic E-state index is 11.0. The molecule has 0 saturated heterocycles. The zero-order valence-electron chi connectivity index (χ0n) is 8.14. The fraction of sp³-hybridized carbons (Fsp3) is 0.909. The van der Waals surface area contributed by atoms with Crippen molar-refractivity contribution in [3.8, 4) is 0 Å². The Labute approximate surface area is 75.5 Å². The molecule has 0 aromatic carbocycles. The predicted molar refractivity (Wildman–Crippen MR) is 51.1 cm³/mol. The molecule has 1 fully saturated rings. The molecule has 0 spiro atoms. The summed E-state index contributed by atoms with van der Waals surface area (Å²) in [7, 11) is 0. The number of hydrogen-bond donors (Lipinski definition) is 0. The lowest BCUT2D eigenvalue weighted by atomic mass is 9.78. The number of rotatable bonds is 3. The second kappa shape index (κ2) is 4.64. The molecule has 1 rings (SSSR count). The Morgan fingerprint density at radius 1 is 1.17 bits per heavy atom. The minimum atomic E-state index is 0.0747. The molecule has 1 saturated carbocycles. The second-order valence-corrected chi connectivity index (χ2v) is 4.14. The lowest BCUT2D eigenvalue weighted by Gasteiger charge is -2.25. The third kappa shape index (κ3) is 2.33. The van der Waals surface area contributed by atoms with Crippen LogP contribution in [0.15, 0.2) is 0 Å². The molecule has 0 bridgehead atoms. The Bertz CT molecular complexity index is 132. The zero-order chi connectivity index (χ0) is 8.86. The van der Waals surface area contributed by atoms with Crippen LogP contribution in [0.5, 0.6) is 0 Å². The van der Waals surface area contributed by atoms with Crippen molar-refractivity contribution in [2.75, 3.05) is 0 Å². The van der Waals surface area contributed by atoms with E-state index in [1.807, 2.05) is 0 Å². The van der Waals surface area contributed by atoms with Crippen LogP contribution in [0.25, 0.3) is 0 Å². The molecule has 0 atom stereocenters. The van der Waals surface area contributed by atoms with Gasteiger partial charge in [0.1, 0.15) is 6.29 Å². The minimum Gasteiger partial charge on any atom is -0.303 e. The summed E-state index contributed by atoms with van der Waals surface area (Å²) < 4.78 is 0. The van der Waals surface area contributed by atoms with Crippen molar-refractivity contribution in [2.24, 2.45) is 5.41 Å². The van der Waals surface area contributed by atoms with E-state index in [1.165, 1.54) is 32.0 Å². The fourth-order valence-electron chi connectivity index (χ4n) is 2.36. The Morgan fingerprint density at radius 2 is 1.75 bits per heavy atom. The van der Waals surface area contributed by atoms with Gasteiger partial charge in [-0.2, -0.15) is 0 Å². The van der Waals surface area contributed by atoms with Gasteiger partial charge in [0.15, 0.2) is 0 Å². The normalized spacial score (nSPS) is 23.1. The van der Waals surface area contributed by atoms with Crippen LogP contribution in [0, 0.1) is 5.41 Å². The molecule has 0 aromatic rings. The molecular formula is C11H20O. The molecule has 0 radical (unpaired) electrons. The summed E-state index contributed by atoms with van der Waals surface area (Å²) in [6.45, 7) is 2.18. The molecular weight excluding hydrogens is 148 g/mol. The molecule has 1 heteroatoms. The van der Waals surface area contributed by atoms with Gasteiger partial charge in [-0.05, 0) is 19.3 Å². The Hall–Kier alpha value is -0.330. The molecule has 0 aromatic heterocycles. The van der Waals surface area contributed by atoms with E-state index in [0.29, 0.717) is 0 Å². The number of hydrogen-bond acceptors (Lipinski definition) is 1. The summed E-state index contributed by atoms with van der Waals surface area (Å²) in [6.07, 6.45) is 11.0. The third-order valence-electron chi connectivity index (χ3n) is 3.10. The molecule has 70 valence electrons. The van der Waals surface area contributed by atoms with E-state index in [4.69, 9.17) is 0 Å². The van der Waals surface area contributed by atoms with Crippen molar-refractivity contribution in [1.82, 2.24) is 0 Å². The maximum absolute atomic E-state index is 11.0. The minimum absolute atomic E-state index is 0.0747. The van der Waals surface area contributed by atoms with E-state index < -0.39 is 0 Å². The molecule has 0 aliphatic heterocycles. The highest BCUT2D eigenvalue weighted by molar-refractivity contribution is 5.59. The van der Waals surface area contributed by atoms with Crippen LogP contribution in [0.4, 0.5) is 0 Å². The van der Waals surface area contributed by atoms with Gasteiger partial charge in [-0.1, -0.05) is 39.0 Å². The van der Waals surface area contributed by atoms with Crippen LogP contribution in [0.2, 0.25) is 0 Å². The van der Waals surface area contributed by atoms with Crippen LogP contribution in [-0.2, 0) is 4.79 Å². The topological polar surface area (TPSA) is 17.1 Å². The molecule has 0 unspecified atom stereocenters. The Morgan fingerprint density at radius 3 is 2.17 bits per heavy atom. The summed E-state index contributed by atoms with van der Waals surface area (Å²) in [4.78, 5) is 11.0. The van der Waals surface area contributed by atoms with Crippen molar-refractivity contribution in [3.05, 3.63) is 0 Å². The lowest BCUT2D eigenvalue weighted by molar-refractivity contribution is -0.117. The molecule has 0 amide bonds. The first-order valence-electron chi connectivity index (χ1n) is 5.29. The SMILES string of the molecule is CCCC1(C=O)CCCCCC1. The maximum Gasteiger partial charge on any atom is 0.126 e. The average Bonchev–Trinajstić information content (AvgIpc) is 2.32. The van der Waals surface area contributed by atoms with Gasteiger partial charge in [0.05, 0.1) is 0 Å². The molecule has 0 heterocycles. The number of aldehydes is 1. The number of carbonyl (C=O) groups excluding carboxylic acids is 1. The second-order valence-electron chi connectivity index (χ2n) is 4.14. The van der Waals surface area contributed by atoms with Crippen LogP contribution in [0.3, 0.4) is 0 Å². The number of carbonyl (C=O) groups is 1. The van der Waals surface area contributed by atoms with Crippen molar-refractivity contribution in [1.29, 1.82) is 0 Å². The highest BCUT2D eigenvalue weighted by atomic mass is 16.1. The van der Waals surface area contributed by atoms with E-state index in [9.17, 15) is 4.79 Å². The largest absolute Gasteiger partial charge is 0.303 e. The summed E-state index contributed by atoms with van der Waals surface area (Å²) in [5, 5.41) is 0. The van der Waals surface area contributed by atoms with E-state index in [1.54, 1.807) is 0 Å². The van der Waals surface area contributed by atoms with Crippen LogP contribution in [-0.4, -0.2) is 6.29 Å². The summed E-state index contributed by atoms with van der Waals surface area (Å²) >= 11 is 0. The Kier molecular flexibility index (Phi) is 3.77. The van der Waals surface area contributed by atoms with Crippen LogP contribution < -0.4 is 0 Å². The van der Waals surface area contributed by atoms with Gasteiger partial charge in [0.2, 0.25) is 0 Å². The van der Waals surface area contributed by atoms with Gasteiger partial charge < -0.3 is 4.79 Å². The molecule has 0 N–H and O–H groups in total. The van der Waals surface area contributed by atoms with E-state index in [2.05, 4.69) is 6.92 Å². The molecule has 12 heavy (non-hydrogen) atoms.